The number of nitrogens with one attached hydrogen (secondary N) is 1. The maximum atomic E-state index is 12.0. The number of likely N-dealkylation sites (N-methyl/N-ethyl adjacent to an activating group) is 1. The van der Waals surface area contributed by atoms with Gasteiger partial charge in [-0.25, -0.2) is 0 Å². The molecule has 16 heavy (non-hydrogen) atoms. The van der Waals surface area contributed by atoms with E-state index >= 15 is 0 Å². The molecule has 1 N–H and O–H groups in total. The van der Waals surface area contributed by atoms with Crippen LogP contribution in [0.2, 0.25) is 0 Å². The zero-order valence-corrected chi connectivity index (χ0v) is 10.6. The normalized spacial score (nSPS) is 16.5. The van der Waals surface area contributed by atoms with E-state index in [0.717, 1.165) is 13.0 Å². The van der Waals surface area contributed by atoms with E-state index in [1.807, 2.05) is 13.8 Å². The molecule has 0 fully saturated rings. The number of rotatable bonds is 7. The van der Waals surface area contributed by atoms with Gasteiger partial charge in [-0.1, -0.05) is 6.92 Å². The molecule has 0 aliphatic heterocycles. The smallest absolute Gasteiger partial charge is 0.313 e. The third-order valence-corrected chi connectivity index (χ3v) is 2.88. The molecule has 2 unspecified atom stereocenters. The Kier molecular flexibility index (Phi) is 6.99. The number of nitrogens with zero attached hydrogens (tertiary/aromatic N) is 1. The first-order valence-electron chi connectivity index (χ1n) is 5.78. The molecule has 0 saturated heterocycles. The summed E-state index contributed by atoms with van der Waals surface area (Å²) in [4.78, 5) is 1.75. The van der Waals surface area contributed by atoms with Gasteiger partial charge < -0.3 is 10.2 Å². The fourth-order valence-corrected chi connectivity index (χ4v) is 1.43. The highest BCUT2D eigenvalue weighted by Crippen LogP contribution is 2.20. The van der Waals surface area contributed by atoms with Gasteiger partial charge in [-0.15, -0.1) is 0 Å². The van der Waals surface area contributed by atoms with E-state index in [1.54, 1.807) is 11.9 Å². The summed E-state index contributed by atoms with van der Waals surface area (Å²) in [5.41, 5.74) is 0. The fourth-order valence-electron chi connectivity index (χ4n) is 1.43. The van der Waals surface area contributed by atoms with Crippen molar-refractivity contribution in [3.63, 3.8) is 0 Å². The summed E-state index contributed by atoms with van der Waals surface area (Å²) in [6, 6.07) is 0.312. The van der Waals surface area contributed by atoms with Gasteiger partial charge in [0.15, 0.2) is 0 Å². The number of alkyl halides is 3. The monoisotopic (exact) mass is 240 g/mol. The van der Waals surface area contributed by atoms with Crippen molar-refractivity contribution in [3.05, 3.63) is 0 Å². The maximum Gasteiger partial charge on any atom is 0.390 e. The minimum Gasteiger partial charge on any atom is -0.313 e. The van der Waals surface area contributed by atoms with Crippen LogP contribution in [0.3, 0.4) is 0 Å². The molecule has 0 aromatic rings. The van der Waals surface area contributed by atoms with Crippen molar-refractivity contribution in [2.24, 2.45) is 0 Å². The van der Waals surface area contributed by atoms with Crippen LogP contribution in [0.4, 0.5) is 13.2 Å². The summed E-state index contributed by atoms with van der Waals surface area (Å²) in [5.74, 6) is 0. The van der Waals surface area contributed by atoms with Crippen molar-refractivity contribution < 1.29 is 13.2 Å². The molecule has 0 radical (unpaired) electrons. The van der Waals surface area contributed by atoms with E-state index in [2.05, 4.69) is 12.2 Å². The minimum absolute atomic E-state index is 0.0583. The van der Waals surface area contributed by atoms with Crippen LogP contribution in [0.5, 0.6) is 0 Å². The van der Waals surface area contributed by atoms with Crippen molar-refractivity contribution in [1.82, 2.24) is 10.2 Å². The molecule has 98 valence electrons. The quantitative estimate of drug-likeness (QED) is 0.736. The van der Waals surface area contributed by atoms with E-state index in [-0.39, 0.29) is 18.6 Å². The van der Waals surface area contributed by atoms with Crippen LogP contribution in [0.25, 0.3) is 0 Å². The molecular weight excluding hydrogens is 217 g/mol. The molecule has 2 nitrogen and oxygen atoms in total. The van der Waals surface area contributed by atoms with Gasteiger partial charge in [0.05, 0.1) is 6.42 Å². The fraction of sp³-hybridized carbons (Fsp3) is 1.00. The molecule has 0 heterocycles. The second kappa shape index (κ2) is 7.12. The Bertz CT molecular complexity index is 183. The molecule has 0 aliphatic carbocycles. The third kappa shape index (κ3) is 7.06. The van der Waals surface area contributed by atoms with Gasteiger partial charge in [-0.3, -0.25) is 0 Å². The summed E-state index contributed by atoms with van der Waals surface area (Å²) in [5, 5.41) is 3.29. The van der Waals surface area contributed by atoms with Crippen LogP contribution in [-0.2, 0) is 0 Å². The number of halogens is 3. The predicted octanol–water partition coefficient (Wildman–Crippen LogP) is 2.65. The van der Waals surface area contributed by atoms with E-state index < -0.39 is 12.6 Å². The number of hydrogen-bond donors (Lipinski definition) is 1. The third-order valence-electron chi connectivity index (χ3n) is 2.88. The summed E-state index contributed by atoms with van der Waals surface area (Å²) in [7, 11) is 1.74. The van der Waals surface area contributed by atoms with Gasteiger partial charge in [0.1, 0.15) is 0 Å². The largest absolute Gasteiger partial charge is 0.390 e. The summed E-state index contributed by atoms with van der Waals surface area (Å²) >= 11 is 0. The van der Waals surface area contributed by atoms with E-state index in [0.29, 0.717) is 0 Å². The predicted molar refractivity (Wildman–Crippen MR) is 60.5 cm³/mol. The van der Waals surface area contributed by atoms with Crippen LogP contribution in [0.15, 0.2) is 0 Å². The minimum atomic E-state index is -4.06. The highest BCUT2D eigenvalue weighted by Gasteiger charge is 2.28. The molecule has 0 amide bonds. The highest BCUT2D eigenvalue weighted by molar-refractivity contribution is 4.76. The Morgan fingerprint density at radius 1 is 1.25 bits per heavy atom. The second-order valence-electron chi connectivity index (χ2n) is 4.33. The molecule has 2 atom stereocenters. The lowest BCUT2D eigenvalue weighted by molar-refractivity contribution is -0.138. The molecule has 0 bridgehead atoms. The zero-order chi connectivity index (χ0) is 12.8. The van der Waals surface area contributed by atoms with Crippen molar-refractivity contribution in [2.45, 2.75) is 51.9 Å². The highest BCUT2D eigenvalue weighted by atomic mass is 19.4. The van der Waals surface area contributed by atoms with Crippen LogP contribution in [0, 0.1) is 0 Å². The molecule has 5 heteroatoms. The topological polar surface area (TPSA) is 15.3 Å². The molecule has 0 aromatic carbocycles. The van der Waals surface area contributed by atoms with Crippen molar-refractivity contribution in [1.29, 1.82) is 0 Å². The van der Waals surface area contributed by atoms with Crippen LogP contribution >= 0.6 is 0 Å². The summed E-state index contributed by atoms with van der Waals surface area (Å²) in [6.45, 7) is 6.98. The van der Waals surface area contributed by atoms with Crippen LogP contribution in [0.1, 0.15) is 33.6 Å². The van der Waals surface area contributed by atoms with Crippen LogP contribution < -0.4 is 5.32 Å². The van der Waals surface area contributed by atoms with Gasteiger partial charge >= 0.3 is 6.18 Å². The Hall–Kier alpha value is -0.290. The molecular formula is C11H23F3N2. The molecule has 0 rings (SSSR count). The Balaban J connectivity index is 3.92. The average Bonchev–Trinajstić information content (AvgIpc) is 2.20. The van der Waals surface area contributed by atoms with Gasteiger partial charge in [0, 0.05) is 18.6 Å². The van der Waals surface area contributed by atoms with Crippen molar-refractivity contribution in [2.75, 3.05) is 20.1 Å². The molecule has 0 saturated carbocycles. The Morgan fingerprint density at radius 2 is 1.81 bits per heavy atom. The summed E-state index contributed by atoms with van der Waals surface area (Å²) in [6.07, 6.45) is -3.77. The average molecular weight is 240 g/mol. The van der Waals surface area contributed by atoms with Crippen molar-refractivity contribution >= 4 is 0 Å². The maximum absolute atomic E-state index is 12.0. The first-order chi connectivity index (χ1) is 7.28. The van der Waals surface area contributed by atoms with Gasteiger partial charge in [0.2, 0.25) is 0 Å². The Labute approximate surface area is 96.2 Å². The SMILES string of the molecule is CCCNC(C)C(C)N(C)CCC(F)(F)F. The first-order valence-corrected chi connectivity index (χ1v) is 5.78. The van der Waals surface area contributed by atoms with Crippen LogP contribution in [-0.4, -0.2) is 43.3 Å². The van der Waals surface area contributed by atoms with E-state index in [1.165, 1.54) is 0 Å². The summed E-state index contributed by atoms with van der Waals surface area (Å²) < 4.78 is 36.1. The second-order valence-corrected chi connectivity index (χ2v) is 4.33. The zero-order valence-electron chi connectivity index (χ0n) is 10.6. The van der Waals surface area contributed by atoms with Gasteiger partial charge in [0.25, 0.3) is 0 Å². The molecule has 0 aliphatic rings. The van der Waals surface area contributed by atoms with Crippen molar-refractivity contribution in [3.8, 4) is 0 Å². The Morgan fingerprint density at radius 3 is 2.25 bits per heavy atom. The van der Waals surface area contributed by atoms with Gasteiger partial charge in [-0.2, -0.15) is 13.2 Å². The standard InChI is InChI=1S/C11H23F3N2/c1-5-7-15-9(2)10(3)16(4)8-6-11(12,13)14/h9-10,15H,5-8H2,1-4H3. The lowest BCUT2D eigenvalue weighted by Crippen LogP contribution is -2.46. The lowest BCUT2D eigenvalue weighted by atomic mass is 10.1. The van der Waals surface area contributed by atoms with E-state index in [4.69, 9.17) is 0 Å². The van der Waals surface area contributed by atoms with Gasteiger partial charge in [-0.05, 0) is 33.9 Å². The lowest BCUT2D eigenvalue weighted by Gasteiger charge is -2.30. The molecule has 0 spiro atoms. The number of hydrogen-bond acceptors (Lipinski definition) is 2. The first kappa shape index (κ1) is 15.7. The van der Waals surface area contributed by atoms with E-state index in [9.17, 15) is 13.2 Å². The molecule has 0 aromatic heterocycles.